The van der Waals surface area contributed by atoms with Crippen molar-refractivity contribution in [2.45, 2.75) is 18.2 Å². The molecule has 120 valence electrons. The zero-order valence-corrected chi connectivity index (χ0v) is 14.7. The molecule has 1 aromatic rings. The molecule has 6 heteroatoms. The number of thioether (sulfide) groups is 1. The second-order valence-electron chi connectivity index (χ2n) is 3.73. The van der Waals surface area contributed by atoms with Crippen LogP contribution in [0.25, 0.3) is 0 Å². The third kappa shape index (κ3) is 12.4. The van der Waals surface area contributed by atoms with Gasteiger partial charge in [0.1, 0.15) is 6.10 Å². The molecular formula is C17H15MnO4S. The zero-order chi connectivity index (χ0) is 17.4. The standard InChI is InChI=1S/C14H15OS.3CO.Mn/c1-11-3-7-13(8-4-11)16-14-9-5-12(15-2)6-10-14;3*1-2;/h3-9H,10H2,1-2H3;;;;. The fourth-order valence-corrected chi connectivity index (χ4v) is 2.37. The number of benzene rings is 1. The Morgan fingerprint density at radius 1 is 0.957 bits per heavy atom. The zero-order valence-electron chi connectivity index (χ0n) is 12.7. The van der Waals surface area contributed by atoms with Crippen LogP contribution >= 0.6 is 11.8 Å². The van der Waals surface area contributed by atoms with Crippen LogP contribution in [0.3, 0.4) is 0 Å². The van der Waals surface area contributed by atoms with Crippen molar-refractivity contribution in [2.75, 3.05) is 7.11 Å². The van der Waals surface area contributed by atoms with Crippen LogP contribution < -0.4 is 0 Å². The van der Waals surface area contributed by atoms with E-state index in [4.69, 9.17) is 18.7 Å². The Hall–Kier alpha value is -0.731. The first kappa shape index (κ1) is 27.1. The van der Waals surface area contributed by atoms with Crippen LogP contribution in [0, 0.1) is 57.5 Å². The van der Waals surface area contributed by atoms with Crippen molar-refractivity contribution in [1.29, 1.82) is 0 Å². The molecule has 0 aliphatic heterocycles. The fourth-order valence-electron chi connectivity index (χ4n) is 1.50. The van der Waals surface area contributed by atoms with Gasteiger partial charge in [-0.25, -0.2) is 0 Å². The minimum absolute atomic E-state index is 0. The van der Waals surface area contributed by atoms with E-state index in [0.717, 1.165) is 12.5 Å². The van der Waals surface area contributed by atoms with Crippen molar-refractivity contribution in [3.63, 3.8) is 0 Å². The fraction of sp³-hybridized carbons (Fsp3) is 0.176. The molecule has 0 saturated heterocycles. The summed E-state index contributed by atoms with van der Waals surface area (Å²) in [6.07, 6.45) is 8.16. The SMILES string of the molecule is CO[C]1[CH][CH][C](Sc2ccc(C)cc2)C[CH]1.[C-]#[O+].[C-]#[O+].[C-]#[O+].[Mn]. The Morgan fingerprint density at radius 3 is 1.87 bits per heavy atom. The summed E-state index contributed by atoms with van der Waals surface area (Å²) in [5.74, 6) is 0. The number of aryl methyl sites for hydroxylation is 1. The van der Waals surface area contributed by atoms with Gasteiger partial charge in [0.15, 0.2) is 0 Å². The molecule has 0 atom stereocenters. The predicted octanol–water partition coefficient (Wildman–Crippen LogP) is 3.70. The number of hydrogen-bond donors (Lipinski definition) is 0. The van der Waals surface area contributed by atoms with Gasteiger partial charge in [0, 0.05) is 40.7 Å². The van der Waals surface area contributed by atoms with Gasteiger partial charge >= 0.3 is 33.9 Å². The molecule has 4 nitrogen and oxygen atoms in total. The summed E-state index contributed by atoms with van der Waals surface area (Å²) < 4.78 is 27.7. The minimum Gasteiger partial charge on any atom is 0 e. The maximum atomic E-state index is 7.50. The van der Waals surface area contributed by atoms with Gasteiger partial charge in [0.2, 0.25) is 0 Å². The predicted molar refractivity (Wildman–Crippen MR) is 79.8 cm³/mol. The third-order valence-electron chi connectivity index (χ3n) is 2.44. The summed E-state index contributed by atoms with van der Waals surface area (Å²) >= 11 is 1.82. The molecule has 0 heterocycles. The molecule has 0 spiro atoms. The Kier molecular flexibility index (Phi) is 22.8. The smallest absolute Gasteiger partial charge is 0 e. The minimum atomic E-state index is 0. The summed E-state index contributed by atoms with van der Waals surface area (Å²) in [5, 5.41) is 1.35. The Morgan fingerprint density at radius 2 is 1.48 bits per heavy atom. The maximum Gasteiger partial charge on any atom is 0 e. The van der Waals surface area contributed by atoms with E-state index < -0.39 is 0 Å². The van der Waals surface area contributed by atoms with Crippen LogP contribution in [0.5, 0.6) is 0 Å². The average molecular weight is 370 g/mol. The Labute approximate surface area is 153 Å². The normalized spacial score (nSPS) is 13.4. The van der Waals surface area contributed by atoms with E-state index in [1.54, 1.807) is 7.11 Å². The molecule has 1 fully saturated rings. The van der Waals surface area contributed by atoms with E-state index in [0.29, 0.717) is 0 Å². The number of ether oxygens (including phenoxy) is 1. The summed E-state index contributed by atoms with van der Waals surface area (Å²) in [7, 11) is 1.70. The molecule has 1 aliphatic rings. The molecule has 0 bridgehead atoms. The molecule has 2 rings (SSSR count). The van der Waals surface area contributed by atoms with E-state index in [-0.39, 0.29) is 17.1 Å². The van der Waals surface area contributed by atoms with Gasteiger partial charge in [0.25, 0.3) is 0 Å². The summed E-state index contributed by atoms with van der Waals surface area (Å²) in [5.41, 5.74) is 1.30. The van der Waals surface area contributed by atoms with E-state index in [1.807, 2.05) is 18.2 Å². The van der Waals surface area contributed by atoms with Gasteiger partial charge in [-0.05, 0) is 38.3 Å². The van der Waals surface area contributed by atoms with Crippen LogP contribution in [-0.2, 0) is 35.8 Å². The number of methoxy groups -OCH3 is 1. The summed E-state index contributed by atoms with van der Waals surface area (Å²) in [6.45, 7) is 15.6. The van der Waals surface area contributed by atoms with Crippen molar-refractivity contribution in [3.8, 4) is 0 Å². The van der Waals surface area contributed by atoms with Crippen molar-refractivity contribution < 1.29 is 35.8 Å². The first-order chi connectivity index (χ1) is 10.8. The van der Waals surface area contributed by atoms with Crippen molar-refractivity contribution in [1.82, 2.24) is 0 Å². The van der Waals surface area contributed by atoms with Gasteiger partial charge in [-0.15, -0.1) is 11.8 Å². The van der Waals surface area contributed by atoms with Gasteiger partial charge in [-0.2, -0.15) is 0 Å². The second kappa shape index (κ2) is 19.3. The van der Waals surface area contributed by atoms with Crippen molar-refractivity contribution >= 4 is 11.8 Å². The third-order valence-corrected chi connectivity index (χ3v) is 3.52. The Bertz CT molecular complexity index is 420. The molecule has 1 aromatic carbocycles. The summed E-state index contributed by atoms with van der Waals surface area (Å²) in [4.78, 5) is 1.29. The van der Waals surface area contributed by atoms with Crippen LogP contribution in [0.1, 0.15) is 12.0 Å². The Balaban J connectivity index is -0.000000514. The average Bonchev–Trinajstić information content (AvgIpc) is 2.63. The van der Waals surface area contributed by atoms with Crippen LogP contribution in [-0.4, -0.2) is 7.11 Å². The molecule has 0 aromatic heterocycles. The monoisotopic (exact) mass is 370 g/mol. The van der Waals surface area contributed by atoms with E-state index in [2.05, 4.69) is 64.0 Å². The van der Waals surface area contributed by atoms with Gasteiger partial charge in [-0.3, -0.25) is 0 Å². The number of hydrogen-bond acceptors (Lipinski definition) is 2. The second-order valence-corrected chi connectivity index (χ2v) is 4.93. The van der Waals surface area contributed by atoms with E-state index in [1.165, 1.54) is 15.7 Å². The molecule has 0 unspecified atom stereocenters. The molecule has 23 heavy (non-hydrogen) atoms. The van der Waals surface area contributed by atoms with Crippen molar-refractivity contribution in [2.24, 2.45) is 0 Å². The van der Waals surface area contributed by atoms with Crippen LogP contribution in [0.4, 0.5) is 0 Å². The molecule has 0 N–H and O–H groups in total. The van der Waals surface area contributed by atoms with E-state index in [9.17, 15) is 0 Å². The molecule has 1 saturated carbocycles. The number of rotatable bonds is 3. The van der Waals surface area contributed by atoms with Gasteiger partial charge < -0.3 is 4.74 Å². The molecule has 1 aliphatic carbocycles. The first-order valence-corrected chi connectivity index (χ1v) is 6.73. The largest absolute Gasteiger partial charge is 0 e. The summed E-state index contributed by atoms with van der Waals surface area (Å²) in [6, 6.07) is 8.62. The molecule has 0 amide bonds. The van der Waals surface area contributed by atoms with E-state index >= 15 is 0 Å². The molecule has 6 radical (unpaired) electrons. The quantitative estimate of drug-likeness (QED) is 0.463. The maximum absolute atomic E-state index is 7.50. The van der Waals surface area contributed by atoms with Gasteiger partial charge in [-0.1, -0.05) is 17.7 Å². The molecular weight excluding hydrogens is 355 g/mol. The van der Waals surface area contributed by atoms with Gasteiger partial charge in [0.05, 0.1) is 0 Å². The van der Waals surface area contributed by atoms with Crippen LogP contribution in [0.15, 0.2) is 29.2 Å². The van der Waals surface area contributed by atoms with Crippen molar-refractivity contribution in [3.05, 3.63) is 80.4 Å². The topological polar surface area (TPSA) is 68.9 Å². The first-order valence-electron chi connectivity index (χ1n) is 5.92. The van der Waals surface area contributed by atoms with Crippen LogP contribution in [0.2, 0.25) is 0 Å².